The summed E-state index contributed by atoms with van der Waals surface area (Å²) in [7, 11) is 0. The molecule has 1 amide bonds. The first-order valence-electron chi connectivity index (χ1n) is 11.2. The minimum absolute atomic E-state index is 0.0184. The van der Waals surface area contributed by atoms with Crippen molar-refractivity contribution < 1.29 is 14.7 Å². The second kappa shape index (κ2) is 9.85. The average Bonchev–Trinajstić information content (AvgIpc) is 2.79. The Labute approximate surface area is 192 Å². The number of nitrogens with zero attached hydrogens (tertiary/aromatic N) is 4. The summed E-state index contributed by atoms with van der Waals surface area (Å²) in [6.07, 6.45) is 3.86. The van der Waals surface area contributed by atoms with Crippen LogP contribution < -0.4 is 0 Å². The number of carboxylic acids is 1. The third-order valence-electron chi connectivity index (χ3n) is 6.54. The molecule has 0 spiro atoms. The molecule has 1 N–H and O–H groups in total. The smallest absolute Gasteiger partial charge is 0.303 e. The fourth-order valence-electron chi connectivity index (χ4n) is 4.71. The highest BCUT2D eigenvalue weighted by atomic mass is 35.5. The summed E-state index contributed by atoms with van der Waals surface area (Å²) in [6, 6.07) is 7.80. The van der Waals surface area contributed by atoms with Crippen molar-refractivity contribution in [2.75, 3.05) is 32.7 Å². The van der Waals surface area contributed by atoms with E-state index in [2.05, 4.69) is 11.0 Å². The number of hydrogen-bond acceptors (Lipinski definition) is 5. The first-order chi connectivity index (χ1) is 15.5. The van der Waals surface area contributed by atoms with Crippen LogP contribution in [0.25, 0.3) is 10.9 Å². The Morgan fingerprint density at radius 1 is 1.25 bits per heavy atom. The van der Waals surface area contributed by atoms with Crippen LogP contribution in [0.2, 0.25) is 5.02 Å². The van der Waals surface area contributed by atoms with Crippen molar-refractivity contribution >= 4 is 34.4 Å². The lowest BCUT2D eigenvalue weighted by molar-refractivity contribution is -0.137. The third-order valence-corrected chi connectivity index (χ3v) is 6.97. The summed E-state index contributed by atoms with van der Waals surface area (Å²) < 4.78 is 0. The molecule has 8 heteroatoms. The normalized spacial score (nSPS) is 18.9. The zero-order chi connectivity index (χ0) is 22.7. The molecule has 1 aromatic heterocycles. The van der Waals surface area contributed by atoms with Crippen LogP contribution in [-0.4, -0.2) is 64.5 Å². The van der Waals surface area contributed by atoms with E-state index >= 15 is 0 Å². The molecule has 1 unspecified atom stereocenters. The largest absolute Gasteiger partial charge is 0.481 e. The number of halogens is 1. The Kier molecular flexibility index (Phi) is 6.92. The zero-order valence-electron chi connectivity index (χ0n) is 18.0. The number of carbonyl (C=O) groups is 2. The van der Waals surface area contributed by atoms with Gasteiger partial charge in [0.15, 0.2) is 0 Å². The minimum atomic E-state index is -0.773. The molecule has 32 heavy (non-hydrogen) atoms. The minimum Gasteiger partial charge on any atom is -0.481 e. The maximum Gasteiger partial charge on any atom is 0.303 e. The number of nitriles is 1. The van der Waals surface area contributed by atoms with Crippen LogP contribution in [0, 0.1) is 17.2 Å². The van der Waals surface area contributed by atoms with Gasteiger partial charge in [-0.25, -0.2) is 0 Å². The van der Waals surface area contributed by atoms with E-state index in [0.29, 0.717) is 37.4 Å². The van der Waals surface area contributed by atoms with E-state index in [0.717, 1.165) is 66.1 Å². The molecule has 168 valence electrons. The number of carbonyl (C=O) groups excluding carboxylic acids is 1. The number of hydrogen-bond donors (Lipinski definition) is 1. The van der Waals surface area contributed by atoms with E-state index in [1.54, 1.807) is 0 Å². The average molecular weight is 455 g/mol. The Balaban J connectivity index is 1.46. The van der Waals surface area contributed by atoms with Crippen LogP contribution in [0.4, 0.5) is 0 Å². The maximum atomic E-state index is 13.1. The van der Waals surface area contributed by atoms with Crippen molar-refractivity contribution in [1.29, 1.82) is 5.26 Å². The molecule has 4 rings (SSSR count). The van der Waals surface area contributed by atoms with E-state index in [1.165, 1.54) is 0 Å². The molecule has 1 saturated heterocycles. The lowest BCUT2D eigenvalue weighted by Crippen LogP contribution is -2.48. The zero-order valence-corrected chi connectivity index (χ0v) is 18.8. The summed E-state index contributed by atoms with van der Waals surface area (Å²) in [5, 5.41) is 19.4. The number of pyridine rings is 1. The van der Waals surface area contributed by atoms with Gasteiger partial charge in [0, 0.05) is 55.7 Å². The number of benzene rings is 1. The van der Waals surface area contributed by atoms with Gasteiger partial charge in [0.05, 0.1) is 16.6 Å². The molecular weight excluding hydrogens is 428 g/mol. The van der Waals surface area contributed by atoms with E-state index in [1.807, 2.05) is 23.1 Å². The fraction of sp³-hybridized carbons (Fsp3) is 0.500. The molecule has 7 nitrogen and oxygen atoms in total. The van der Waals surface area contributed by atoms with Gasteiger partial charge in [0.2, 0.25) is 0 Å². The molecule has 2 aromatic rings. The second-order valence-electron chi connectivity index (χ2n) is 8.69. The first kappa shape index (κ1) is 22.5. The van der Waals surface area contributed by atoms with Crippen LogP contribution in [0.15, 0.2) is 18.2 Å². The number of aliphatic carboxylic acids is 1. The lowest BCUT2D eigenvalue weighted by atomic mass is 9.84. The van der Waals surface area contributed by atoms with Crippen LogP contribution in [0.1, 0.15) is 47.3 Å². The highest BCUT2D eigenvalue weighted by Gasteiger charge is 2.25. The molecule has 1 aromatic carbocycles. The van der Waals surface area contributed by atoms with Crippen molar-refractivity contribution in [1.82, 2.24) is 14.8 Å². The molecule has 1 fully saturated rings. The van der Waals surface area contributed by atoms with Crippen LogP contribution in [-0.2, 0) is 17.6 Å². The molecular formula is C24H27ClN4O3. The van der Waals surface area contributed by atoms with E-state index in [4.69, 9.17) is 27.0 Å². The maximum absolute atomic E-state index is 13.1. The Bertz CT molecular complexity index is 1070. The SMILES string of the molecule is N#CCC1CCc2c(nc3cc(C(=O)N4CCN(CCCC(=O)O)CC4)ccc3c2Cl)C1. The summed E-state index contributed by atoms with van der Waals surface area (Å²) in [4.78, 5) is 32.7. The molecule has 1 atom stereocenters. The van der Waals surface area contributed by atoms with Gasteiger partial charge in [-0.05, 0) is 55.8 Å². The predicted molar refractivity (Wildman–Crippen MR) is 122 cm³/mol. The lowest BCUT2D eigenvalue weighted by Gasteiger charge is -2.34. The van der Waals surface area contributed by atoms with Gasteiger partial charge in [-0.3, -0.25) is 19.5 Å². The quantitative estimate of drug-likeness (QED) is 0.717. The highest BCUT2D eigenvalue weighted by molar-refractivity contribution is 6.36. The number of piperazine rings is 1. The monoisotopic (exact) mass is 454 g/mol. The molecule has 2 aliphatic rings. The molecule has 0 saturated carbocycles. The summed E-state index contributed by atoms with van der Waals surface area (Å²) in [5.74, 6) is -0.481. The number of amides is 1. The molecule has 2 heterocycles. The van der Waals surface area contributed by atoms with Crippen LogP contribution >= 0.6 is 11.6 Å². The molecule has 1 aliphatic carbocycles. The van der Waals surface area contributed by atoms with Crippen molar-refractivity contribution in [3.05, 3.63) is 40.0 Å². The van der Waals surface area contributed by atoms with Gasteiger partial charge in [-0.1, -0.05) is 17.7 Å². The summed E-state index contributed by atoms with van der Waals surface area (Å²) in [5.41, 5.74) is 3.36. The van der Waals surface area contributed by atoms with Crippen molar-refractivity contribution in [3.63, 3.8) is 0 Å². The van der Waals surface area contributed by atoms with Gasteiger partial charge >= 0.3 is 5.97 Å². The topological polar surface area (TPSA) is 97.5 Å². The highest BCUT2D eigenvalue weighted by Crippen LogP contribution is 2.35. The standard InChI is InChI=1S/C24H27ClN4O3/c25-23-18-5-3-16(7-8-26)14-20(18)27-21-15-17(4-6-19(21)23)24(32)29-12-10-28(11-13-29)9-1-2-22(30)31/h4,6,15-16H,1-3,5,7,9-14H2,(H,30,31). The van der Waals surface area contributed by atoms with E-state index in [9.17, 15) is 9.59 Å². The van der Waals surface area contributed by atoms with Crippen molar-refractivity contribution in [3.8, 4) is 6.07 Å². The number of fused-ring (bicyclic) bond motifs is 2. The summed E-state index contributed by atoms with van der Waals surface area (Å²) >= 11 is 6.70. The molecule has 0 bridgehead atoms. The van der Waals surface area contributed by atoms with Gasteiger partial charge in [0.25, 0.3) is 5.91 Å². The Morgan fingerprint density at radius 2 is 2.03 bits per heavy atom. The summed E-state index contributed by atoms with van der Waals surface area (Å²) in [6.45, 7) is 3.48. The van der Waals surface area contributed by atoms with Crippen LogP contribution in [0.3, 0.4) is 0 Å². The van der Waals surface area contributed by atoms with E-state index < -0.39 is 5.97 Å². The fourth-order valence-corrected chi connectivity index (χ4v) is 5.07. The van der Waals surface area contributed by atoms with Crippen LogP contribution in [0.5, 0.6) is 0 Å². The van der Waals surface area contributed by atoms with Gasteiger partial charge in [-0.2, -0.15) is 5.26 Å². The van der Waals surface area contributed by atoms with Gasteiger partial charge in [0.1, 0.15) is 0 Å². The number of aromatic nitrogens is 1. The number of carboxylic acid groups (broad SMARTS) is 1. The van der Waals surface area contributed by atoms with Gasteiger partial charge < -0.3 is 10.0 Å². The second-order valence-corrected chi connectivity index (χ2v) is 9.06. The van der Waals surface area contributed by atoms with Crippen molar-refractivity contribution in [2.45, 2.75) is 38.5 Å². The third kappa shape index (κ3) is 4.87. The molecule has 1 aliphatic heterocycles. The first-order valence-corrected chi connectivity index (χ1v) is 11.6. The Hall–Kier alpha value is -2.69. The Morgan fingerprint density at radius 3 is 2.75 bits per heavy atom. The molecule has 0 radical (unpaired) electrons. The van der Waals surface area contributed by atoms with Gasteiger partial charge in [-0.15, -0.1) is 0 Å². The van der Waals surface area contributed by atoms with Crippen molar-refractivity contribution in [2.24, 2.45) is 5.92 Å². The predicted octanol–water partition coefficient (Wildman–Crippen LogP) is 3.53. The van der Waals surface area contributed by atoms with E-state index in [-0.39, 0.29) is 12.3 Å². The number of rotatable bonds is 6.